The first-order chi connectivity index (χ1) is 13.0. The molecular formula is C21H22N4O2. The number of carbonyl (C=O) groups excluding carboxylic acids is 2. The van der Waals surface area contributed by atoms with Crippen molar-refractivity contribution >= 4 is 22.7 Å². The van der Waals surface area contributed by atoms with Gasteiger partial charge in [0.1, 0.15) is 5.82 Å². The first kappa shape index (κ1) is 18.5. The highest BCUT2D eigenvalue weighted by Crippen LogP contribution is 2.15. The van der Waals surface area contributed by atoms with E-state index in [1.807, 2.05) is 50.2 Å². The molecule has 0 atom stereocenters. The summed E-state index contributed by atoms with van der Waals surface area (Å²) >= 11 is 0. The Labute approximate surface area is 158 Å². The Morgan fingerprint density at radius 3 is 2.48 bits per heavy atom. The van der Waals surface area contributed by atoms with Crippen LogP contribution in [0.15, 0.2) is 48.5 Å². The fraction of sp³-hybridized carbons (Fsp3) is 0.238. The highest BCUT2D eigenvalue weighted by molar-refractivity contribution is 5.97. The minimum atomic E-state index is -0.257. The summed E-state index contributed by atoms with van der Waals surface area (Å²) in [4.78, 5) is 35.1. The van der Waals surface area contributed by atoms with E-state index in [1.165, 1.54) is 4.90 Å². The van der Waals surface area contributed by atoms with Crippen LogP contribution in [0.25, 0.3) is 10.9 Å². The Morgan fingerprint density at radius 2 is 1.70 bits per heavy atom. The number of aryl methyl sites for hydroxylation is 2. The molecule has 2 amide bonds. The summed E-state index contributed by atoms with van der Waals surface area (Å²) in [7, 11) is 1.68. The number of nitrogens with zero attached hydrogens (tertiary/aromatic N) is 3. The normalized spacial score (nSPS) is 10.6. The molecule has 0 bridgehead atoms. The summed E-state index contributed by atoms with van der Waals surface area (Å²) in [5, 5.41) is 3.68. The maximum Gasteiger partial charge on any atom is 0.251 e. The zero-order valence-electron chi connectivity index (χ0n) is 15.7. The van der Waals surface area contributed by atoms with Gasteiger partial charge in [0.15, 0.2) is 0 Å². The highest BCUT2D eigenvalue weighted by atomic mass is 16.2. The number of para-hydroxylation sites is 1. The number of amides is 2. The average molecular weight is 362 g/mol. The van der Waals surface area contributed by atoms with Crippen LogP contribution in [0.1, 0.15) is 27.4 Å². The minimum Gasteiger partial charge on any atom is -0.343 e. The van der Waals surface area contributed by atoms with Crippen molar-refractivity contribution in [1.29, 1.82) is 0 Å². The number of benzene rings is 2. The molecule has 27 heavy (non-hydrogen) atoms. The van der Waals surface area contributed by atoms with Gasteiger partial charge in [0, 0.05) is 23.7 Å². The minimum absolute atomic E-state index is 0.0732. The molecule has 0 aliphatic carbocycles. The molecule has 0 aliphatic heterocycles. The van der Waals surface area contributed by atoms with E-state index in [-0.39, 0.29) is 24.9 Å². The SMILES string of the molecule is Cc1ccccc1C(=O)NCC(=O)N(C)Cc1nc(C)c2ccccc2n1. The number of hydrogen-bond donors (Lipinski definition) is 1. The molecule has 1 heterocycles. The number of hydrogen-bond acceptors (Lipinski definition) is 4. The number of rotatable bonds is 5. The fourth-order valence-corrected chi connectivity index (χ4v) is 2.88. The van der Waals surface area contributed by atoms with Crippen LogP contribution in [0.4, 0.5) is 0 Å². The van der Waals surface area contributed by atoms with Gasteiger partial charge in [0.2, 0.25) is 5.91 Å². The van der Waals surface area contributed by atoms with Crippen molar-refractivity contribution in [3.8, 4) is 0 Å². The standard InChI is InChI=1S/C21H22N4O2/c1-14-8-4-5-9-16(14)21(27)22-12-20(26)25(3)13-19-23-15(2)17-10-6-7-11-18(17)24-19/h4-11H,12-13H2,1-3H3,(H,22,27). The van der Waals surface area contributed by atoms with Crippen LogP contribution in [-0.4, -0.2) is 40.3 Å². The summed E-state index contributed by atoms with van der Waals surface area (Å²) in [6, 6.07) is 15.1. The van der Waals surface area contributed by atoms with Gasteiger partial charge in [-0.3, -0.25) is 9.59 Å². The molecule has 0 saturated heterocycles. The van der Waals surface area contributed by atoms with Crippen LogP contribution in [0.3, 0.4) is 0 Å². The third-order valence-corrected chi connectivity index (χ3v) is 4.43. The van der Waals surface area contributed by atoms with Crippen molar-refractivity contribution in [1.82, 2.24) is 20.2 Å². The van der Waals surface area contributed by atoms with E-state index < -0.39 is 0 Å². The second-order valence-corrected chi connectivity index (χ2v) is 6.49. The van der Waals surface area contributed by atoms with Crippen LogP contribution >= 0.6 is 0 Å². The third kappa shape index (κ3) is 4.28. The molecule has 0 radical (unpaired) electrons. The summed E-state index contributed by atoms with van der Waals surface area (Å²) < 4.78 is 0. The Bertz CT molecular complexity index is 1000. The zero-order valence-corrected chi connectivity index (χ0v) is 15.7. The molecule has 0 fully saturated rings. The molecule has 0 saturated carbocycles. The molecule has 138 valence electrons. The number of likely N-dealkylation sites (N-methyl/N-ethyl adjacent to an activating group) is 1. The van der Waals surface area contributed by atoms with E-state index in [2.05, 4.69) is 15.3 Å². The number of nitrogens with one attached hydrogen (secondary N) is 1. The van der Waals surface area contributed by atoms with Crippen molar-refractivity contribution < 1.29 is 9.59 Å². The van der Waals surface area contributed by atoms with Crippen LogP contribution in [0.2, 0.25) is 0 Å². The van der Waals surface area contributed by atoms with Gasteiger partial charge in [-0.15, -0.1) is 0 Å². The molecule has 3 rings (SSSR count). The predicted octanol–water partition coefficient (Wildman–Crippen LogP) is 2.64. The van der Waals surface area contributed by atoms with E-state index in [9.17, 15) is 9.59 Å². The molecule has 0 unspecified atom stereocenters. The van der Waals surface area contributed by atoms with Crippen LogP contribution in [0, 0.1) is 13.8 Å². The summed E-state index contributed by atoms with van der Waals surface area (Å²) in [5.74, 6) is 0.117. The molecule has 0 aliphatic rings. The molecule has 6 heteroatoms. The molecule has 0 spiro atoms. The smallest absolute Gasteiger partial charge is 0.251 e. The van der Waals surface area contributed by atoms with Crippen molar-refractivity contribution in [3.63, 3.8) is 0 Å². The van der Waals surface area contributed by atoms with Crippen molar-refractivity contribution in [2.45, 2.75) is 20.4 Å². The Kier molecular flexibility index (Phi) is 5.45. The predicted molar refractivity (Wildman–Crippen MR) is 104 cm³/mol. The maximum atomic E-state index is 12.4. The van der Waals surface area contributed by atoms with Gasteiger partial charge < -0.3 is 10.2 Å². The van der Waals surface area contributed by atoms with E-state index >= 15 is 0 Å². The van der Waals surface area contributed by atoms with Crippen molar-refractivity contribution in [3.05, 3.63) is 71.2 Å². The number of aromatic nitrogens is 2. The van der Waals surface area contributed by atoms with Crippen LogP contribution in [0.5, 0.6) is 0 Å². The molecule has 1 N–H and O–H groups in total. The summed E-state index contributed by atoms with van der Waals surface area (Å²) in [6.07, 6.45) is 0. The van der Waals surface area contributed by atoms with Gasteiger partial charge in [-0.2, -0.15) is 0 Å². The number of fused-ring (bicyclic) bond motifs is 1. The lowest BCUT2D eigenvalue weighted by atomic mass is 10.1. The first-order valence-electron chi connectivity index (χ1n) is 8.76. The highest BCUT2D eigenvalue weighted by Gasteiger charge is 2.15. The Hall–Kier alpha value is -3.28. The molecule has 6 nitrogen and oxygen atoms in total. The Morgan fingerprint density at radius 1 is 1.00 bits per heavy atom. The molecule has 2 aromatic carbocycles. The second kappa shape index (κ2) is 7.95. The van der Waals surface area contributed by atoms with Gasteiger partial charge >= 0.3 is 0 Å². The lowest BCUT2D eigenvalue weighted by Gasteiger charge is -2.17. The average Bonchev–Trinajstić information content (AvgIpc) is 2.66. The van der Waals surface area contributed by atoms with Gasteiger partial charge in [-0.25, -0.2) is 9.97 Å². The van der Waals surface area contributed by atoms with Crippen LogP contribution in [-0.2, 0) is 11.3 Å². The maximum absolute atomic E-state index is 12.4. The monoisotopic (exact) mass is 362 g/mol. The van der Waals surface area contributed by atoms with Gasteiger partial charge in [-0.1, -0.05) is 36.4 Å². The summed E-state index contributed by atoms with van der Waals surface area (Å²) in [6.45, 7) is 4.00. The fourth-order valence-electron chi connectivity index (χ4n) is 2.88. The van der Waals surface area contributed by atoms with E-state index in [4.69, 9.17) is 0 Å². The molecule has 1 aromatic heterocycles. The summed E-state index contributed by atoms with van der Waals surface area (Å²) in [5.41, 5.74) is 3.18. The zero-order chi connectivity index (χ0) is 19.4. The first-order valence-corrected chi connectivity index (χ1v) is 8.76. The lowest BCUT2D eigenvalue weighted by Crippen LogP contribution is -2.38. The van der Waals surface area contributed by atoms with Gasteiger partial charge in [-0.05, 0) is 31.5 Å². The topological polar surface area (TPSA) is 75.2 Å². The quantitative estimate of drug-likeness (QED) is 0.757. The van der Waals surface area contributed by atoms with Gasteiger partial charge in [0.25, 0.3) is 5.91 Å². The third-order valence-electron chi connectivity index (χ3n) is 4.43. The van der Waals surface area contributed by atoms with E-state index in [1.54, 1.807) is 19.2 Å². The van der Waals surface area contributed by atoms with Gasteiger partial charge in [0.05, 0.1) is 18.6 Å². The second-order valence-electron chi connectivity index (χ2n) is 6.49. The van der Waals surface area contributed by atoms with E-state index in [0.717, 1.165) is 22.2 Å². The number of carbonyl (C=O) groups is 2. The lowest BCUT2D eigenvalue weighted by molar-refractivity contribution is -0.129. The molecule has 3 aromatic rings. The Balaban J connectivity index is 1.63. The van der Waals surface area contributed by atoms with Crippen molar-refractivity contribution in [2.75, 3.05) is 13.6 Å². The van der Waals surface area contributed by atoms with Crippen molar-refractivity contribution in [2.24, 2.45) is 0 Å². The largest absolute Gasteiger partial charge is 0.343 e. The molecular weight excluding hydrogens is 340 g/mol. The van der Waals surface area contributed by atoms with E-state index in [0.29, 0.717) is 11.4 Å². The van der Waals surface area contributed by atoms with Crippen LogP contribution < -0.4 is 5.32 Å².